The van der Waals surface area contributed by atoms with E-state index in [1.54, 1.807) is 30.6 Å². The molecule has 6 nitrogen and oxygen atoms in total. The maximum atomic E-state index is 14.9. The Morgan fingerprint density at radius 1 is 1.03 bits per heavy atom. The number of nitrogens with one attached hydrogen (secondary N) is 2. The Balaban J connectivity index is 1.73. The molecule has 7 heteroatoms. The number of nitrogens with zero attached hydrogens (tertiary/aromatic N) is 3. The van der Waals surface area contributed by atoms with Crippen LogP contribution in [0.25, 0.3) is 22.5 Å². The van der Waals surface area contributed by atoms with Crippen molar-refractivity contribution in [1.82, 2.24) is 14.8 Å². The van der Waals surface area contributed by atoms with Crippen LogP contribution in [0.4, 0.5) is 10.1 Å². The third-order valence-corrected chi connectivity index (χ3v) is 4.56. The molecule has 0 aliphatic heterocycles. The molecule has 2 heterocycles. The minimum atomic E-state index is -0.489. The van der Waals surface area contributed by atoms with Crippen molar-refractivity contribution in [2.24, 2.45) is 0 Å². The zero-order chi connectivity index (χ0) is 21.6. The highest BCUT2D eigenvalue weighted by Crippen LogP contribution is 2.23. The highest BCUT2D eigenvalue weighted by Gasteiger charge is 2.13. The highest BCUT2D eigenvalue weighted by molar-refractivity contribution is 5.86. The number of allylic oxidation sites excluding steroid dienone is 1. The monoisotopic (exact) mass is 411 g/mol. The fraction of sp³-hybridized carbons (Fsp3) is 0. The summed E-state index contributed by atoms with van der Waals surface area (Å²) in [5, 5.41) is 14.9. The van der Waals surface area contributed by atoms with Crippen molar-refractivity contribution in [2.45, 2.75) is 0 Å². The number of hydrogen-bond donors (Lipinski definition) is 2. The van der Waals surface area contributed by atoms with Crippen molar-refractivity contribution >= 4 is 17.6 Å². The summed E-state index contributed by atoms with van der Waals surface area (Å²) in [6.45, 7) is 0. The Bertz CT molecular complexity index is 1300. The zero-order valence-corrected chi connectivity index (χ0v) is 16.4. The third kappa shape index (κ3) is 4.45. The number of rotatable bonds is 6. The van der Waals surface area contributed by atoms with Crippen LogP contribution in [0, 0.1) is 11.2 Å². The van der Waals surface area contributed by atoms with Gasteiger partial charge in [-0.25, -0.2) is 9.07 Å². The largest absolute Gasteiger partial charge is 0.354 e. The second-order valence-corrected chi connectivity index (χ2v) is 6.62. The zero-order valence-electron chi connectivity index (χ0n) is 16.4. The molecule has 2 N–H and O–H groups in total. The number of aromatic nitrogens is 3. The van der Waals surface area contributed by atoms with Crippen LogP contribution in [-0.4, -0.2) is 21.0 Å². The van der Waals surface area contributed by atoms with E-state index in [9.17, 15) is 9.18 Å². The molecule has 0 fully saturated rings. The van der Waals surface area contributed by atoms with Gasteiger partial charge >= 0.3 is 0 Å². The van der Waals surface area contributed by atoms with E-state index >= 15 is 0 Å². The molecule has 0 radical (unpaired) electrons. The van der Waals surface area contributed by atoms with Gasteiger partial charge in [0.15, 0.2) is 5.69 Å². The van der Waals surface area contributed by atoms with Crippen LogP contribution in [0.15, 0.2) is 96.2 Å². The van der Waals surface area contributed by atoms with E-state index in [4.69, 9.17) is 5.41 Å². The quantitative estimate of drug-likeness (QED) is 0.457. The van der Waals surface area contributed by atoms with Crippen molar-refractivity contribution in [1.29, 1.82) is 5.41 Å². The van der Waals surface area contributed by atoms with Crippen LogP contribution in [0.5, 0.6) is 0 Å². The number of benzene rings is 2. The molecule has 0 aliphatic carbocycles. The van der Waals surface area contributed by atoms with Gasteiger partial charge < -0.3 is 10.7 Å². The Hall–Kier alpha value is -4.39. The molecule has 0 aliphatic rings. The summed E-state index contributed by atoms with van der Waals surface area (Å²) in [7, 11) is 0. The Morgan fingerprint density at radius 3 is 2.58 bits per heavy atom. The molecule has 0 amide bonds. The summed E-state index contributed by atoms with van der Waals surface area (Å²) in [6.07, 6.45) is 7.23. The van der Waals surface area contributed by atoms with Crippen LogP contribution in [0.3, 0.4) is 0 Å². The van der Waals surface area contributed by atoms with Crippen molar-refractivity contribution in [2.75, 3.05) is 5.32 Å². The highest BCUT2D eigenvalue weighted by atomic mass is 19.1. The topological polar surface area (TPSA) is 83.7 Å². The maximum Gasteiger partial charge on any atom is 0.209 e. The molecule has 0 saturated heterocycles. The van der Waals surface area contributed by atoms with E-state index in [0.717, 1.165) is 17.5 Å². The van der Waals surface area contributed by atoms with E-state index in [2.05, 4.69) is 15.4 Å². The van der Waals surface area contributed by atoms with E-state index < -0.39 is 5.82 Å². The molecule has 152 valence electrons. The molecule has 2 aromatic heterocycles. The molecule has 0 spiro atoms. The van der Waals surface area contributed by atoms with Crippen molar-refractivity contribution in [3.8, 4) is 16.8 Å². The van der Waals surface area contributed by atoms with Crippen molar-refractivity contribution in [3.05, 3.63) is 113 Å². The molecule has 4 aromatic rings. The number of anilines is 1. The van der Waals surface area contributed by atoms with Gasteiger partial charge in [0.05, 0.1) is 5.70 Å². The summed E-state index contributed by atoms with van der Waals surface area (Å²) in [5.74, 6) is -0.489. The summed E-state index contributed by atoms with van der Waals surface area (Å²) in [4.78, 5) is 16.6. The number of halogens is 1. The smallest absolute Gasteiger partial charge is 0.209 e. The summed E-state index contributed by atoms with van der Waals surface area (Å²) in [6, 6.07) is 19.0. The fourth-order valence-corrected chi connectivity index (χ4v) is 3.07. The molecular weight excluding hydrogens is 393 g/mol. The molecule has 0 atom stereocenters. The van der Waals surface area contributed by atoms with Gasteiger partial charge in [-0.2, -0.15) is 5.10 Å². The van der Waals surface area contributed by atoms with Gasteiger partial charge in [-0.1, -0.05) is 30.3 Å². The maximum absolute atomic E-state index is 14.9. The Kier molecular flexibility index (Phi) is 5.75. The molecule has 2 aromatic carbocycles. The van der Waals surface area contributed by atoms with Gasteiger partial charge in [0, 0.05) is 42.1 Å². The minimum Gasteiger partial charge on any atom is -0.354 e. The molecule has 0 saturated carbocycles. The lowest BCUT2D eigenvalue weighted by molar-refractivity contribution is 0.608. The standard InChI is InChI=1S/C24H18FN5O/c25-20-15-17(18-5-4-13-27-16-18)8-9-22(20)30-14-11-23(31)24(29-30)21(10-12-26)28-19-6-2-1-3-7-19/h1-16,26,28H/b21-10-,26-12?. The normalized spacial score (nSPS) is 11.2. The predicted molar refractivity (Wildman–Crippen MR) is 120 cm³/mol. The molecule has 0 bridgehead atoms. The Morgan fingerprint density at radius 2 is 1.87 bits per heavy atom. The van der Waals surface area contributed by atoms with Crippen molar-refractivity contribution in [3.63, 3.8) is 0 Å². The molecule has 0 unspecified atom stereocenters. The fourth-order valence-electron chi connectivity index (χ4n) is 3.07. The average Bonchev–Trinajstić information content (AvgIpc) is 2.80. The first-order valence-electron chi connectivity index (χ1n) is 9.49. The lowest BCUT2D eigenvalue weighted by Crippen LogP contribution is -2.18. The molecule has 4 rings (SSSR count). The lowest BCUT2D eigenvalue weighted by atomic mass is 10.1. The van der Waals surface area contributed by atoms with E-state index in [1.807, 2.05) is 36.4 Å². The lowest BCUT2D eigenvalue weighted by Gasteiger charge is -2.13. The van der Waals surface area contributed by atoms with Gasteiger partial charge in [0.1, 0.15) is 11.5 Å². The van der Waals surface area contributed by atoms with E-state index in [0.29, 0.717) is 11.3 Å². The summed E-state index contributed by atoms with van der Waals surface area (Å²) >= 11 is 0. The number of pyridine rings is 1. The first-order valence-corrected chi connectivity index (χ1v) is 9.49. The first-order chi connectivity index (χ1) is 15.2. The predicted octanol–water partition coefficient (Wildman–Crippen LogP) is 4.54. The van der Waals surface area contributed by atoms with Gasteiger partial charge in [0.25, 0.3) is 0 Å². The van der Waals surface area contributed by atoms with Crippen molar-refractivity contribution < 1.29 is 4.39 Å². The SMILES string of the molecule is N=C/C=C(\Nc1ccccc1)c1nn(-c2ccc(-c3cccnc3)cc2F)ccc1=O. The number of hydrogen-bond acceptors (Lipinski definition) is 5. The first kappa shape index (κ1) is 19.9. The van der Waals surface area contributed by atoms with Crippen LogP contribution in [-0.2, 0) is 0 Å². The third-order valence-electron chi connectivity index (χ3n) is 4.56. The second kappa shape index (κ2) is 8.96. The van der Waals surface area contributed by atoms with Crippen LogP contribution in [0.2, 0.25) is 0 Å². The molecule has 31 heavy (non-hydrogen) atoms. The van der Waals surface area contributed by atoms with Crippen LogP contribution >= 0.6 is 0 Å². The van der Waals surface area contributed by atoms with Gasteiger partial charge in [-0.3, -0.25) is 9.78 Å². The average molecular weight is 411 g/mol. The van der Waals surface area contributed by atoms with Gasteiger partial charge in [-0.15, -0.1) is 0 Å². The summed E-state index contributed by atoms with van der Waals surface area (Å²) < 4.78 is 16.2. The van der Waals surface area contributed by atoms with E-state index in [1.165, 1.54) is 29.1 Å². The van der Waals surface area contributed by atoms with Gasteiger partial charge in [-0.05, 0) is 42.0 Å². The second-order valence-electron chi connectivity index (χ2n) is 6.62. The number of para-hydroxylation sites is 1. The summed E-state index contributed by atoms with van der Waals surface area (Å²) in [5.41, 5.74) is 2.48. The Labute approximate surface area is 177 Å². The molecular formula is C24H18FN5O. The van der Waals surface area contributed by atoms with E-state index in [-0.39, 0.29) is 16.8 Å². The van der Waals surface area contributed by atoms with Crippen LogP contribution < -0.4 is 10.7 Å². The van der Waals surface area contributed by atoms with Gasteiger partial charge in [0.2, 0.25) is 5.43 Å². The minimum absolute atomic E-state index is 0.0746. The van der Waals surface area contributed by atoms with Crippen LogP contribution in [0.1, 0.15) is 5.69 Å².